The summed E-state index contributed by atoms with van der Waals surface area (Å²) in [4.78, 5) is 14.0. The number of nitrogens with zero attached hydrogens (tertiary/aromatic N) is 1. The molecule has 92 valence electrons. The quantitative estimate of drug-likeness (QED) is 0.832. The smallest absolute Gasteiger partial charge is 0.241 e. The van der Waals surface area contributed by atoms with E-state index in [0.29, 0.717) is 5.75 Å². The van der Waals surface area contributed by atoms with E-state index in [1.54, 1.807) is 4.90 Å². The number of rotatable bonds is 4. The minimum absolute atomic E-state index is 0.0971. The van der Waals surface area contributed by atoms with Crippen LogP contribution in [0.1, 0.15) is 0 Å². The summed E-state index contributed by atoms with van der Waals surface area (Å²) in [5, 5.41) is 0. The molecule has 18 heavy (non-hydrogen) atoms. The number of hydrogen-bond acceptors (Lipinski definition) is 2. The van der Waals surface area contributed by atoms with Crippen LogP contribution >= 0.6 is 11.8 Å². The summed E-state index contributed by atoms with van der Waals surface area (Å²) in [5.41, 5.74) is 1.81. The molecule has 2 aromatic rings. The molecule has 0 heterocycles. The maximum atomic E-state index is 12.2. The summed E-state index contributed by atoms with van der Waals surface area (Å²) < 4.78 is 0. The Bertz CT molecular complexity index is 459. The van der Waals surface area contributed by atoms with Gasteiger partial charge in [0, 0.05) is 11.4 Å². The van der Waals surface area contributed by atoms with Crippen LogP contribution in [0, 0.1) is 0 Å². The molecular weight excluding hydrogens is 242 g/mol. The van der Waals surface area contributed by atoms with Crippen molar-refractivity contribution in [2.45, 2.75) is 0 Å². The fourth-order valence-electron chi connectivity index (χ4n) is 1.78. The highest BCUT2D eigenvalue weighted by Crippen LogP contribution is 2.25. The Morgan fingerprint density at radius 1 is 0.944 bits per heavy atom. The summed E-state index contributed by atoms with van der Waals surface area (Å²) >= 11 is 1.54. The molecule has 0 atom stereocenters. The van der Waals surface area contributed by atoms with Gasteiger partial charge >= 0.3 is 0 Å². The highest BCUT2D eigenvalue weighted by Gasteiger charge is 2.16. The lowest BCUT2D eigenvalue weighted by atomic mass is 10.2. The molecule has 0 bridgehead atoms. The van der Waals surface area contributed by atoms with Gasteiger partial charge in [0.1, 0.15) is 0 Å². The molecule has 0 fully saturated rings. The minimum atomic E-state index is 0.0971. The molecule has 3 heteroatoms. The summed E-state index contributed by atoms with van der Waals surface area (Å²) in [6.45, 7) is 0. The fraction of sp³-hybridized carbons (Fsp3) is 0.133. The minimum Gasteiger partial charge on any atom is -0.280 e. The van der Waals surface area contributed by atoms with E-state index in [4.69, 9.17) is 0 Å². The number of amides is 1. The third kappa shape index (κ3) is 2.93. The largest absolute Gasteiger partial charge is 0.280 e. The predicted octanol–water partition coefficient (Wildman–Crippen LogP) is 3.71. The first-order valence-electron chi connectivity index (χ1n) is 5.75. The van der Waals surface area contributed by atoms with Gasteiger partial charge in [0.25, 0.3) is 0 Å². The molecule has 0 unspecified atom stereocenters. The first kappa shape index (κ1) is 12.7. The molecular formula is C15H15NOS. The van der Waals surface area contributed by atoms with Crippen LogP contribution in [0.5, 0.6) is 0 Å². The maximum Gasteiger partial charge on any atom is 0.241 e. The van der Waals surface area contributed by atoms with Gasteiger partial charge in [-0.3, -0.25) is 9.69 Å². The standard InChI is InChI=1S/C15H15NOS/c1-18-12-15(17)16(13-8-4-2-5-9-13)14-10-6-3-7-11-14/h2-11H,12H2,1H3. The van der Waals surface area contributed by atoms with E-state index in [1.807, 2.05) is 66.9 Å². The first-order valence-corrected chi connectivity index (χ1v) is 7.14. The molecule has 0 aliphatic heterocycles. The normalized spacial score (nSPS) is 10.1. The first-order chi connectivity index (χ1) is 8.83. The van der Waals surface area contributed by atoms with Crippen molar-refractivity contribution in [3.63, 3.8) is 0 Å². The molecule has 0 N–H and O–H groups in total. The second-order valence-electron chi connectivity index (χ2n) is 3.83. The molecule has 2 rings (SSSR count). The Kier molecular flexibility index (Phi) is 4.42. The van der Waals surface area contributed by atoms with Crippen LogP contribution in [0.4, 0.5) is 11.4 Å². The van der Waals surface area contributed by atoms with Crippen molar-refractivity contribution in [1.29, 1.82) is 0 Å². The van der Waals surface area contributed by atoms with E-state index in [0.717, 1.165) is 11.4 Å². The molecule has 0 radical (unpaired) electrons. The fourth-order valence-corrected chi connectivity index (χ4v) is 2.16. The lowest BCUT2D eigenvalue weighted by molar-refractivity contribution is -0.115. The molecule has 2 nitrogen and oxygen atoms in total. The zero-order valence-corrected chi connectivity index (χ0v) is 11.1. The van der Waals surface area contributed by atoms with Crippen LogP contribution in [0.25, 0.3) is 0 Å². The lowest BCUT2D eigenvalue weighted by Gasteiger charge is -2.22. The van der Waals surface area contributed by atoms with Gasteiger partial charge in [0.2, 0.25) is 5.91 Å². The Morgan fingerprint density at radius 2 is 1.39 bits per heavy atom. The summed E-state index contributed by atoms with van der Waals surface area (Å²) in [5.74, 6) is 0.573. The number of benzene rings is 2. The molecule has 0 aromatic heterocycles. The van der Waals surface area contributed by atoms with E-state index in [1.165, 1.54) is 11.8 Å². The number of carbonyl (C=O) groups is 1. The van der Waals surface area contributed by atoms with E-state index < -0.39 is 0 Å². The molecule has 0 saturated heterocycles. The van der Waals surface area contributed by atoms with Crippen LogP contribution in [0.15, 0.2) is 60.7 Å². The van der Waals surface area contributed by atoms with Crippen LogP contribution in [-0.4, -0.2) is 17.9 Å². The second-order valence-corrected chi connectivity index (χ2v) is 4.70. The van der Waals surface area contributed by atoms with Crippen molar-refractivity contribution in [3.05, 3.63) is 60.7 Å². The highest BCUT2D eigenvalue weighted by molar-refractivity contribution is 7.99. The van der Waals surface area contributed by atoms with Gasteiger partial charge in [-0.1, -0.05) is 36.4 Å². The Hall–Kier alpha value is -1.74. The van der Waals surface area contributed by atoms with Gasteiger partial charge < -0.3 is 0 Å². The van der Waals surface area contributed by atoms with Crippen molar-refractivity contribution in [3.8, 4) is 0 Å². The van der Waals surface area contributed by atoms with Crippen LogP contribution in [0.3, 0.4) is 0 Å². The van der Waals surface area contributed by atoms with Gasteiger partial charge in [0.15, 0.2) is 0 Å². The van der Waals surface area contributed by atoms with Gasteiger partial charge in [-0.2, -0.15) is 11.8 Å². The van der Waals surface area contributed by atoms with Crippen molar-refractivity contribution in [2.24, 2.45) is 0 Å². The number of anilines is 2. The van der Waals surface area contributed by atoms with Crippen molar-refractivity contribution in [1.82, 2.24) is 0 Å². The monoisotopic (exact) mass is 257 g/mol. The maximum absolute atomic E-state index is 12.2. The van der Waals surface area contributed by atoms with E-state index in [2.05, 4.69) is 0 Å². The van der Waals surface area contributed by atoms with Crippen LogP contribution in [-0.2, 0) is 4.79 Å². The van der Waals surface area contributed by atoms with Crippen LogP contribution in [0.2, 0.25) is 0 Å². The van der Waals surface area contributed by atoms with Gasteiger partial charge in [-0.25, -0.2) is 0 Å². The predicted molar refractivity (Wildman–Crippen MR) is 78.4 cm³/mol. The van der Waals surface area contributed by atoms with Gasteiger partial charge in [-0.05, 0) is 30.5 Å². The summed E-state index contributed by atoms with van der Waals surface area (Å²) in [7, 11) is 0. The number of hydrogen-bond donors (Lipinski definition) is 0. The summed E-state index contributed by atoms with van der Waals surface area (Å²) in [6, 6.07) is 19.5. The Labute approximate surface area is 112 Å². The van der Waals surface area contributed by atoms with Gasteiger partial charge in [-0.15, -0.1) is 0 Å². The van der Waals surface area contributed by atoms with Crippen molar-refractivity contribution < 1.29 is 4.79 Å². The molecule has 0 aliphatic carbocycles. The third-order valence-corrected chi connectivity index (χ3v) is 3.08. The molecule has 0 saturated carbocycles. The second kappa shape index (κ2) is 6.26. The van der Waals surface area contributed by atoms with Crippen LogP contribution < -0.4 is 4.90 Å². The lowest BCUT2D eigenvalue weighted by Crippen LogP contribution is -2.27. The highest BCUT2D eigenvalue weighted by atomic mass is 32.2. The Balaban J connectivity index is 2.38. The van der Waals surface area contributed by atoms with Crippen molar-refractivity contribution in [2.75, 3.05) is 16.9 Å². The zero-order valence-electron chi connectivity index (χ0n) is 10.2. The SMILES string of the molecule is CSCC(=O)N(c1ccccc1)c1ccccc1. The van der Waals surface area contributed by atoms with E-state index >= 15 is 0 Å². The third-order valence-electron chi connectivity index (χ3n) is 2.55. The number of thioether (sulfide) groups is 1. The van der Waals surface area contributed by atoms with Crippen molar-refractivity contribution >= 4 is 29.0 Å². The van der Waals surface area contributed by atoms with E-state index in [-0.39, 0.29) is 5.91 Å². The molecule has 0 aliphatic rings. The summed E-state index contributed by atoms with van der Waals surface area (Å²) in [6.07, 6.45) is 1.94. The topological polar surface area (TPSA) is 20.3 Å². The average molecular weight is 257 g/mol. The van der Waals surface area contributed by atoms with E-state index in [9.17, 15) is 4.79 Å². The Morgan fingerprint density at radius 3 is 1.78 bits per heavy atom. The molecule has 2 aromatic carbocycles. The molecule has 0 spiro atoms. The van der Waals surface area contributed by atoms with Gasteiger partial charge in [0.05, 0.1) is 5.75 Å². The number of carbonyl (C=O) groups excluding carboxylic acids is 1. The zero-order chi connectivity index (χ0) is 12.8. The molecule has 1 amide bonds. The average Bonchev–Trinajstić information content (AvgIpc) is 2.42. The number of para-hydroxylation sites is 2.